The summed E-state index contributed by atoms with van der Waals surface area (Å²) < 4.78 is 20.4. The highest BCUT2D eigenvalue weighted by Gasteiger charge is 2.19. The summed E-state index contributed by atoms with van der Waals surface area (Å²) in [6, 6.07) is 5.77. The average molecular weight is 364 g/mol. The Morgan fingerprint density at radius 3 is 2.80 bits per heavy atom. The van der Waals surface area contributed by atoms with Gasteiger partial charge in [0.2, 0.25) is 5.91 Å². The minimum atomic E-state index is -0.319. The van der Waals surface area contributed by atoms with E-state index in [1.165, 1.54) is 23.9 Å². The Morgan fingerprint density at radius 2 is 2.16 bits per heavy atom. The highest BCUT2D eigenvalue weighted by atomic mass is 32.2. The van der Waals surface area contributed by atoms with Gasteiger partial charge in [-0.05, 0) is 38.1 Å². The second-order valence-electron chi connectivity index (χ2n) is 5.20. The third-order valence-corrected chi connectivity index (χ3v) is 4.37. The van der Waals surface area contributed by atoms with E-state index in [-0.39, 0.29) is 23.6 Å². The number of amides is 1. The molecule has 1 amide bonds. The lowest BCUT2D eigenvalue weighted by Gasteiger charge is -2.12. The second-order valence-corrected chi connectivity index (χ2v) is 6.50. The Kier molecular flexibility index (Phi) is 7.00. The van der Waals surface area contributed by atoms with Crippen LogP contribution in [0.15, 0.2) is 42.1 Å². The molecule has 8 heteroatoms. The smallest absolute Gasteiger partial charge is 0.233 e. The van der Waals surface area contributed by atoms with Gasteiger partial charge in [-0.3, -0.25) is 9.36 Å². The first-order valence-corrected chi connectivity index (χ1v) is 8.78. The molecule has 2 aromatic rings. The van der Waals surface area contributed by atoms with Crippen molar-refractivity contribution in [2.24, 2.45) is 0 Å². The van der Waals surface area contributed by atoms with E-state index in [0.717, 1.165) is 0 Å². The first kappa shape index (κ1) is 19.0. The van der Waals surface area contributed by atoms with Crippen molar-refractivity contribution in [2.45, 2.75) is 37.4 Å². The molecule has 1 heterocycles. The van der Waals surface area contributed by atoms with Gasteiger partial charge in [0.05, 0.1) is 5.25 Å². The maximum Gasteiger partial charge on any atom is 0.233 e. The topological polar surface area (TPSA) is 69.0 Å². The van der Waals surface area contributed by atoms with E-state index < -0.39 is 0 Å². The van der Waals surface area contributed by atoms with Crippen molar-refractivity contribution >= 4 is 17.7 Å². The summed E-state index contributed by atoms with van der Waals surface area (Å²) in [5.74, 6) is 0.777. The number of allylic oxidation sites excluding steroid dienone is 1. The fourth-order valence-electron chi connectivity index (χ4n) is 2.03. The normalized spacial score (nSPS) is 11.8. The first-order chi connectivity index (χ1) is 12.0. The number of hydrogen-bond acceptors (Lipinski definition) is 5. The molecular weight excluding hydrogens is 343 g/mol. The summed E-state index contributed by atoms with van der Waals surface area (Å²) >= 11 is 1.33. The molecule has 134 valence electrons. The van der Waals surface area contributed by atoms with E-state index in [0.29, 0.717) is 29.8 Å². The fourth-order valence-corrected chi connectivity index (χ4v) is 2.94. The molecule has 0 bridgehead atoms. The van der Waals surface area contributed by atoms with Crippen LogP contribution in [0.5, 0.6) is 5.75 Å². The second kappa shape index (κ2) is 9.22. The van der Waals surface area contributed by atoms with E-state index in [2.05, 4.69) is 22.1 Å². The SMILES string of the molecule is C=CCn1c(COc2ccc(F)cc2)nnc1S[C@@H](C)C(=O)NCC. The molecule has 1 atom stereocenters. The number of rotatable bonds is 9. The van der Waals surface area contributed by atoms with E-state index >= 15 is 0 Å². The van der Waals surface area contributed by atoms with Crippen LogP contribution in [0.1, 0.15) is 19.7 Å². The Hall–Kier alpha value is -2.35. The lowest BCUT2D eigenvalue weighted by molar-refractivity contribution is -0.120. The molecular formula is C17H21FN4O2S. The Morgan fingerprint density at radius 1 is 1.44 bits per heavy atom. The minimum Gasteiger partial charge on any atom is -0.486 e. The number of benzene rings is 1. The highest BCUT2D eigenvalue weighted by molar-refractivity contribution is 8.00. The molecule has 0 unspecified atom stereocenters. The van der Waals surface area contributed by atoms with Crippen LogP contribution in [0.3, 0.4) is 0 Å². The highest BCUT2D eigenvalue weighted by Crippen LogP contribution is 2.23. The molecule has 25 heavy (non-hydrogen) atoms. The summed E-state index contributed by atoms with van der Waals surface area (Å²) in [5, 5.41) is 11.4. The molecule has 6 nitrogen and oxygen atoms in total. The van der Waals surface area contributed by atoms with Crippen LogP contribution in [-0.2, 0) is 17.9 Å². The predicted octanol–water partition coefficient (Wildman–Crippen LogP) is 2.80. The first-order valence-electron chi connectivity index (χ1n) is 7.90. The van der Waals surface area contributed by atoms with Gasteiger partial charge >= 0.3 is 0 Å². The molecule has 1 aromatic heterocycles. The van der Waals surface area contributed by atoms with Crippen molar-refractivity contribution in [3.05, 3.63) is 48.6 Å². The van der Waals surface area contributed by atoms with Crippen LogP contribution in [0.25, 0.3) is 0 Å². The van der Waals surface area contributed by atoms with E-state index in [4.69, 9.17) is 4.74 Å². The molecule has 0 fully saturated rings. The van der Waals surface area contributed by atoms with Gasteiger partial charge in [0.1, 0.15) is 18.2 Å². The third kappa shape index (κ3) is 5.32. The monoisotopic (exact) mass is 364 g/mol. The molecule has 0 aliphatic carbocycles. The van der Waals surface area contributed by atoms with Crippen molar-refractivity contribution < 1.29 is 13.9 Å². The predicted molar refractivity (Wildman–Crippen MR) is 95.0 cm³/mol. The zero-order chi connectivity index (χ0) is 18.2. The summed E-state index contributed by atoms with van der Waals surface area (Å²) in [6.45, 7) is 8.70. The van der Waals surface area contributed by atoms with E-state index in [9.17, 15) is 9.18 Å². The van der Waals surface area contributed by atoms with Gasteiger partial charge in [-0.25, -0.2) is 4.39 Å². The maximum absolute atomic E-state index is 12.9. The molecule has 1 N–H and O–H groups in total. The number of nitrogens with one attached hydrogen (secondary N) is 1. The molecule has 0 aliphatic heterocycles. The number of halogens is 1. The van der Waals surface area contributed by atoms with Crippen molar-refractivity contribution in [3.63, 3.8) is 0 Å². The minimum absolute atomic E-state index is 0.0511. The fraction of sp³-hybridized carbons (Fsp3) is 0.353. The van der Waals surface area contributed by atoms with Gasteiger partial charge in [-0.2, -0.15) is 0 Å². The zero-order valence-corrected chi connectivity index (χ0v) is 15.1. The Balaban J connectivity index is 2.08. The number of ether oxygens (including phenoxy) is 1. The molecule has 0 saturated heterocycles. The number of thioether (sulfide) groups is 1. The largest absolute Gasteiger partial charge is 0.486 e. The van der Waals surface area contributed by atoms with E-state index in [1.807, 2.05) is 18.4 Å². The van der Waals surface area contributed by atoms with Crippen molar-refractivity contribution in [3.8, 4) is 5.75 Å². The number of aromatic nitrogens is 3. The van der Waals surface area contributed by atoms with Crippen LogP contribution in [0.4, 0.5) is 4.39 Å². The molecule has 0 radical (unpaired) electrons. The van der Waals surface area contributed by atoms with Crippen molar-refractivity contribution in [1.29, 1.82) is 0 Å². The van der Waals surface area contributed by atoms with Crippen LogP contribution in [0.2, 0.25) is 0 Å². The van der Waals surface area contributed by atoms with Gasteiger partial charge in [-0.15, -0.1) is 16.8 Å². The summed E-state index contributed by atoms with van der Waals surface area (Å²) in [6.07, 6.45) is 1.73. The van der Waals surface area contributed by atoms with Crippen LogP contribution >= 0.6 is 11.8 Å². The van der Waals surface area contributed by atoms with Gasteiger partial charge in [0, 0.05) is 13.1 Å². The summed E-state index contributed by atoms with van der Waals surface area (Å²) in [5.41, 5.74) is 0. The molecule has 1 aromatic carbocycles. The van der Waals surface area contributed by atoms with Crippen molar-refractivity contribution in [2.75, 3.05) is 6.54 Å². The zero-order valence-electron chi connectivity index (χ0n) is 14.2. The number of nitrogens with zero attached hydrogens (tertiary/aromatic N) is 3. The lowest BCUT2D eigenvalue weighted by Crippen LogP contribution is -2.30. The molecule has 2 rings (SSSR count). The van der Waals surface area contributed by atoms with Crippen molar-refractivity contribution in [1.82, 2.24) is 20.1 Å². The summed E-state index contributed by atoms with van der Waals surface area (Å²) in [4.78, 5) is 11.9. The van der Waals surface area contributed by atoms with Gasteiger partial charge < -0.3 is 10.1 Å². The average Bonchev–Trinajstić information content (AvgIpc) is 2.97. The Labute approximate surface area is 150 Å². The van der Waals surface area contributed by atoms with Crippen LogP contribution < -0.4 is 10.1 Å². The number of hydrogen-bond donors (Lipinski definition) is 1. The Bertz CT molecular complexity index is 718. The molecule has 0 aliphatic rings. The molecule has 0 spiro atoms. The molecule has 0 saturated carbocycles. The van der Waals surface area contributed by atoms with Gasteiger partial charge in [0.25, 0.3) is 0 Å². The van der Waals surface area contributed by atoms with Gasteiger partial charge in [0.15, 0.2) is 11.0 Å². The van der Waals surface area contributed by atoms with E-state index in [1.54, 1.807) is 18.2 Å². The third-order valence-electron chi connectivity index (χ3n) is 3.29. The number of carbonyl (C=O) groups is 1. The standard InChI is InChI=1S/C17H21FN4O2S/c1-4-10-22-15(11-24-14-8-6-13(18)7-9-14)20-21-17(22)25-12(3)16(23)19-5-2/h4,6-9,12H,1,5,10-11H2,2-3H3,(H,19,23)/t12-/m0/s1. The van der Waals surface area contributed by atoms with Gasteiger partial charge in [-0.1, -0.05) is 17.8 Å². The lowest BCUT2D eigenvalue weighted by atomic mass is 10.3. The number of carbonyl (C=O) groups excluding carboxylic acids is 1. The van der Waals surface area contributed by atoms with Crippen LogP contribution in [-0.4, -0.2) is 32.5 Å². The quantitative estimate of drug-likeness (QED) is 0.547. The summed E-state index contributed by atoms with van der Waals surface area (Å²) in [7, 11) is 0. The van der Waals surface area contributed by atoms with Crippen LogP contribution in [0, 0.1) is 5.82 Å². The maximum atomic E-state index is 12.9.